The highest BCUT2D eigenvalue weighted by Gasteiger charge is 2.09. The van der Waals surface area contributed by atoms with E-state index >= 15 is 0 Å². The van der Waals surface area contributed by atoms with Crippen molar-refractivity contribution < 1.29 is 9.53 Å². The van der Waals surface area contributed by atoms with Crippen LogP contribution in [0.3, 0.4) is 0 Å². The summed E-state index contributed by atoms with van der Waals surface area (Å²) in [6, 6.07) is 0. The zero-order valence-electron chi connectivity index (χ0n) is 11.0. The van der Waals surface area contributed by atoms with Crippen molar-refractivity contribution in [2.75, 3.05) is 11.9 Å². The number of anilines is 1. The standard InChI is InChI=1S/C11H13N5O2S2/c1-3-18-10(17)14-9-15-16-11(20-9)19-6-8-5-12-7(2)4-13-8/h4-5H,3,6H2,1-2H3,(H,14,15,17). The van der Waals surface area contributed by atoms with Gasteiger partial charge in [0.1, 0.15) is 0 Å². The molecule has 2 aromatic rings. The smallest absolute Gasteiger partial charge is 0.413 e. The molecule has 0 aliphatic carbocycles. The van der Waals surface area contributed by atoms with E-state index in [1.165, 1.54) is 23.1 Å². The number of amides is 1. The lowest BCUT2D eigenvalue weighted by Gasteiger charge is -1.99. The van der Waals surface area contributed by atoms with Gasteiger partial charge in [0.15, 0.2) is 4.34 Å². The Hall–Kier alpha value is -1.74. The van der Waals surface area contributed by atoms with Gasteiger partial charge in [0.2, 0.25) is 5.13 Å². The number of hydrogen-bond donors (Lipinski definition) is 1. The third-order valence-electron chi connectivity index (χ3n) is 2.07. The average Bonchev–Trinajstić information content (AvgIpc) is 2.86. The summed E-state index contributed by atoms with van der Waals surface area (Å²) in [5, 5.41) is 10.8. The third-order valence-corrected chi connectivity index (χ3v) is 4.07. The number of carbonyl (C=O) groups is 1. The van der Waals surface area contributed by atoms with Crippen LogP contribution < -0.4 is 5.32 Å². The highest BCUT2D eigenvalue weighted by Crippen LogP contribution is 2.27. The van der Waals surface area contributed by atoms with Crippen LogP contribution in [0, 0.1) is 6.92 Å². The van der Waals surface area contributed by atoms with Crippen molar-refractivity contribution in [1.29, 1.82) is 0 Å². The number of aryl methyl sites for hydroxylation is 1. The molecule has 0 aliphatic heterocycles. The molecule has 106 valence electrons. The molecule has 7 nitrogen and oxygen atoms in total. The summed E-state index contributed by atoms with van der Waals surface area (Å²) in [4.78, 5) is 19.6. The van der Waals surface area contributed by atoms with Gasteiger partial charge in [-0.05, 0) is 13.8 Å². The summed E-state index contributed by atoms with van der Waals surface area (Å²) in [6.07, 6.45) is 2.94. The number of carbonyl (C=O) groups excluding carboxylic acids is 1. The molecule has 1 amide bonds. The van der Waals surface area contributed by atoms with Crippen LogP contribution in [0.1, 0.15) is 18.3 Å². The van der Waals surface area contributed by atoms with Crippen molar-refractivity contribution in [1.82, 2.24) is 20.2 Å². The molecule has 0 saturated carbocycles. The zero-order valence-corrected chi connectivity index (χ0v) is 12.6. The molecule has 1 N–H and O–H groups in total. The van der Waals surface area contributed by atoms with E-state index in [-0.39, 0.29) is 0 Å². The Kier molecular flexibility index (Phi) is 5.24. The molecule has 0 saturated heterocycles. The maximum Gasteiger partial charge on any atom is 0.413 e. The Morgan fingerprint density at radius 3 is 2.95 bits per heavy atom. The van der Waals surface area contributed by atoms with Crippen LogP contribution in [0.2, 0.25) is 0 Å². The minimum absolute atomic E-state index is 0.318. The Morgan fingerprint density at radius 1 is 1.40 bits per heavy atom. The van der Waals surface area contributed by atoms with Gasteiger partial charge in [-0.15, -0.1) is 10.2 Å². The molecule has 0 radical (unpaired) electrons. The van der Waals surface area contributed by atoms with E-state index in [0.29, 0.717) is 17.5 Å². The number of nitrogens with one attached hydrogen (secondary N) is 1. The Labute approximate surface area is 124 Å². The topological polar surface area (TPSA) is 89.9 Å². The summed E-state index contributed by atoms with van der Waals surface area (Å²) in [7, 11) is 0. The van der Waals surface area contributed by atoms with Crippen LogP contribution in [0.5, 0.6) is 0 Å². The van der Waals surface area contributed by atoms with E-state index in [2.05, 4.69) is 25.5 Å². The monoisotopic (exact) mass is 311 g/mol. The summed E-state index contributed by atoms with van der Waals surface area (Å²) in [5.41, 5.74) is 1.76. The number of ether oxygens (including phenoxy) is 1. The number of aromatic nitrogens is 4. The van der Waals surface area contributed by atoms with Crippen molar-refractivity contribution in [3.8, 4) is 0 Å². The molecule has 0 spiro atoms. The molecule has 20 heavy (non-hydrogen) atoms. The van der Waals surface area contributed by atoms with Gasteiger partial charge in [-0.25, -0.2) is 4.79 Å². The summed E-state index contributed by atoms with van der Waals surface area (Å²) >= 11 is 2.78. The van der Waals surface area contributed by atoms with Crippen molar-refractivity contribution in [3.63, 3.8) is 0 Å². The van der Waals surface area contributed by atoms with Gasteiger partial charge in [0, 0.05) is 18.1 Å². The predicted octanol–water partition coefficient (Wildman–Crippen LogP) is 2.50. The minimum Gasteiger partial charge on any atom is -0.450 e. The van der Waals surface area contributed by atoms with Gasteiger partial charge in [-0.3, -0.25) is 15.3 Å². The Bertz CT molecular complexity index is 572. The fourth-order valence-corrected chi connectivity index (χ4v) is 2.83. The summed E-state index contributed by atoms with van der Waals surface area (Å²) in [6.45, 7) is 3.95. The largest absolute Gasteiger partial charge is 0.450 e. The van der Waals surface area contributed by atoms with Gasteiger partial charge >= 0.3 is 6.09 Å². The van der Waals surface area contributed by atoms with E-state index < -0.39 is 6.09 Å². The highest BCUT2D eigenvalue weighted by molar-refractivity contribution is 8.00. The van der Waals surface area contributed by atoms with E-state index in [0.717, 1.165) is 15.7 Å². The molecule has 9 heteroatoms. The van der Waals surface area contributed by atoms with Crippen LogP contribution >= 0.6 is 23.1 Å². The first-order valence-corrected chi connectivity index (χ1v) is 7.65. The molecule has 2 aromatic heterocycles. The van der Waals surface area contributed by atoms with Gasteiger partial charge < -0.3 is 4.74 Å². The van der Waals surface area contributed by atoms with E-state index in [1.807, 2.05) is 6.92 Å². The van der Waals surface area contributed by atoms with Gasteiger partial charge in [0.05, 0.1) is 18.0 Å². The van der Waals surface area contributed by atoms with Crippen LogP contribution in [0.4, 0.5) is 9.93 Å². The minimum atomic E-state index is -0.524. The van der Waals surface area contributed by atoms with Crippen LogP contribution in [-0.2, 0) is 10.5 Å². The lowest BCUT2D eigenvalue weighted by molar-refractivity contribution is 0.168. The molecule has 0 atom stereocenters. The van der Waals surface area contributed by atoms with Gasteiger partial charge in [0.25, 0.3) is 0 Å². The second-order valence-corrected chi connectivity index (χ2v) is 5.86. The molecule has 0 aliphatic rings. The van der Waals surface area contributed by atoms with Crippen LogP contribution in [0.25, 0.3) is 0 Å². The second kappa shape index (κ2) is 7.15. The van der Waals surface area contributed by atoms with Gasteiger partial charge in [-0.1, -0.05) is 23.1 Å². The molecule has 0 unspecified atom stereocenters. The lowest BCUT2D eigenvalue weighted by Crippen LogP contribution is -2.12. The number of nitrogens with zero attached hydrogens (tertiary/aromatic N) is 4. The third kappa shape index (κ3) is 4.42. The highest BCUT2D eigenvalue weighted by atomic mass is 32.2. The number of thioether (sulfide) groups is 1. The first-order valence-electron chi connectivity index (χ1n) is 5.85. The number of rotatable bonds is 5. The van der Waals surface area contributed by atoms with E-state index in [4.69, 9.17) is 4.74 Å². The molecule has 0 aromatic carbocycles. The SMILES string of the molecule is CCOC(=O)Nc1nnc(SCc2cnc(C)cn2)s1. The fourth-order valence-electron chi connectivity index (χ4n) is 1.20. The summed E-state index contributed by atoms with van der Waals surface area (Å²) < 4.78 is 5.51. The quantitative estimate of drug-likeness (QED) is 0.670. The van der Waals surface area contributed by atoms with Gasteiger partial charge in [-0.2, -0.15) is 0 Å². The van der Waals surface area contributed by atoms with Crippen LogP contribution in [0.15, 0.2) is 16.7 Å². The molecular formula is C11H13N5O2S2. The maximum atomic E-state index is 11.2. The summed E-state index contributed by atoms with van der Waals surface area (Å²) in [5.74, 6) is 0.654. The first kappa shape index (κ1) is 14.7. The average molecular weight is 311 g/mol. The maximum absolute atomic E-state index is 11.2. The first-order chi connectivity index (χ1) is 9.67. The number of hydrogen-bond acceptors (Lipinski definition) is 8. The normalized spacial score (nSPS) is 10.3. The van der Waals surface area contributed by atoms with E-state index in [9.17, 15) is 4.79 Å². The van der Waals surface area contributed by atoms with Crippen molar-refractivity contribution >= 4 is 34.3 Å². The molecular weight excluding hydrogens is 298 g/mol. The van der Waals surface area contributed by atoms with Crippen molar-refractivity contribution in [2.45, 2.75) is 23.9 Å². The lowest BCUT2D eigenvalue weighted by atomic mass is 10.4. The Balaban J connectivity index is 1.86. The second-order valence-electron chi connectivity index (χ2n) is 3.66. The Morgan fingerprint density at radius 2 is 2.25 bits per heavy atom. The van der Waals surface area contributed by atoms with Crippen molar-refractivity contribution in [3.05, 3.63) is 23.8 Å². The van der Waals surface area contributed by atoms with E-state index in [1.54, 1.807) is 19.3 Å². The molecule has 0 bridgehead atoms. The fraction of sp³-hybridized carbons (Fsp3) is 0.364. The molecule has 2 heterocycles. The van der Waals surface area contributed by atoms with Crippen molar-refractivity contribution in [2.24, 2.45) is 0 Å². The zero-order chi connectivity index (χ0) is 14.4. The molecule has 0 fully saturated rings. The molecule has 2 rings (SSSR count). The van der Waals surface area contributed by atoms with Crippen LogP contribution in [-0.4, -0.2) is 32.9 Å². The predicted molar refractivity (Wildman–Crippen MR) is 76.9 cm³/mol.